The maximum Gasteiger partial charge on any atom is 0.0713 e. The highest BCUT2D eigenvalue weighted by atomic mass is 15.1. The van der Waals surface area contributed by atoms with Gasteiger partial charge in [-0.15, -0.1) is 0 Å². The summed E-state index contributed by atoms with van der Waals surface area (Å²) in [5.41, 5.74) is 13.1. The topological polar surface area (TPSA) is 3.24 Å². The van der Waals surface area contributed by atoms with Gasteiger partial charge >= 0.3 is 0 Å². The van der Waals surface area contributed by atoms with Gasteiger partial charge in [-0.25, -0.2) is 0 Å². The van der Waals surface area contributed by atoms with Crippen molar-refractivity contribution in [2.45, 2.75) is 5.41 Å². The quantitative estimate of drug-likeness (QED) is 0.160. The van der Waals surface area contributed by atoms with E-state index in [-0.39, 0.29) is 0 Å². The van der Waals surface area contributed by atoms with Gasteiger partial charge in [0.1, 0.15) is 0 Å². The van der Waals surface area contributed by atoms with E-state index in [0.29, 0.717) is 0 Å². The van der Waals surface area contributed by atoms with Crippen molar-refractivity contribution in [2.75, 3.05) is 4.90 Å². The predicted octanol–water partition coefficient (Wildman–Crippen LogP) is 13.5. The molecule has 0 amide bonds. The third-order valence-electron chi connectivity index (χ3n) is 10.9. The summed E-state index contributed by atoms with van der Waals surface area (Å²) in [6.07, 6.45) is 0. The first-order chi connectivity index (χ1) is 25.8. The molecule has 0 atom stereocenters. The molecule has 0 heterocycles. The third kappa shape index (κ3) is 4.71. The van der Waals surface area contributed by atoms with E-state index in [0.717, 1.165) is 17.1 Å². The SMILES string of the molecule is c1ccc(-c2ccc(N(c3ccc(C4(c5ccccc5)c5ccccc5-c5ccccc54)cc3)c3ccc4ccc5ccccc5c4c3)cc2)cc1. The van der Waals surface area contributed by atoms with Crippen LogP contribution in [0.4, 0.5) is 17.1 Å². The molecular formula is C51H35N. The molecular weight excluding hydrogens is 627 g/mol. The Morgan fingerprint density at radius 2 is 0.769 bits per heavy atom. The number of rotatable bonds is 6. The Kier molecular flexibility index (Phi) is 7.11. The van der Waals surface area contributed by atoms with Gasteiger partial charge in [0.15, 0.2) is 0 Å². The molecule has 0 aliphatic heterocycles. The number of fused-ring (bicyclic) bond motifs is 6. The molecule has 52 heavy (non-hydrogen) atoms. The highest BCUT2D eigenvalue weighted by Crippen LogP contribution is 2.56. The smallest absolute Gasteiger partial charge is 0.0713 e. The second-order valence-corrected chi connectivity index (χ2v) is 13.7. The van der Waals surface area contributed by atoms with Crippen LogP contribution < -0.4 is 4.90 Å². The third-order valence-corrected chi connectivity index (χ3v) is 10.9. The monoisotopic (exact) mass is 661 g/mol. The van der Waals surface area contributed by atoms with Gasteiger partial charge < -0.3 is 4.90 Å². The first kappa shape index (κ1) is 30.2. The zero-order valence-corrected chi connectivity index (χ0v) is 28.7. The Balaban J connectivity index is 1.16. The van der Waals surface area contributed by atoms with Gasteiger partial charge in [0.2, 0.25) is 0 Å². The van der Waals surface area contributed by atoms with Crippen molar-refractivity contribution in [1.29, 1.82) is 0 Å². The summed E-state index contributed by atoms with van der Waals surface area (Å²) in [4.78, 5) is 2.39. The Bertz CT molecular complexity index is 2660. The second-order valence-electron chi connectivity index (χ2n) is 13.7. The fourth-order valence-corrected chi connectivity index (χ4v) is 8.58. The van der Waals surface area contributed by atoms with Crippen LogP contribution in [0.15, 0.2) is 212 Å². The van der Waals surface area contributed by atoms with Gasteiger partial charge in [-0.1, -0.05) is 176 Å². The van der Waals surface area contributed by atoms with Gasteiger partial charge in [-0.2, -0.15) is 0 Å². The van der Waals surface area contributed by atoms with Crippen molar-refractivity contribution in [3.63, 3.8) is 0 Å². The number of anilines is 3. The lowest BCUT2D eigenvalue weighted by atomic mass is 9.68. The molecule has 10 rings (SSSR count). The summed E-state index contributed by atoms with van der Waals surface area (Å²) < 4.78 is 0. The molecule has 9 aromatic rings. The maximum atomic E-state index is 2.39. The lowest BCUT2D eigenvalue weighted by Crippen LogP contribution is -2.28. The van der Waals surface area contributed by atoms with Crippen LogP contribution in [0.5, 0.6) is 0 Å². The van der Waals surface area contributed by atoms with Crippen molar-refractivity contribution >= 4 is 38.6 Å². The van der Waals surface area contributed by atoms with Gasteiger partial charge in [-0.05, 0) is 102 Å². The molecule has 0 radical (unpaired) electrons. The predicted molar refractivity (Wildman–Crippen MR) is 219 cm³/mol. The largest absolute Gasteiger partial charge is 0.310 e. The van der Waals surface area contributed by atoms with E-state index in [1.165, 1.54) is 66.1 Å². The Labute approximate surface area is 304 Å². The number of benzene rings is 9. The van der Waals surface area contributed by atoms with E-state index in [2.05, 4.69) is 217 Å². The minimum Gasteiger partial charge on any atom is -0.310 e. The summed E-state index contributed by atoms with van der Waals surface area (Å²) in [5.74, 6) is 0. The van der Waals surface area contributed by atoms with Crippen LogP contribution in [0.3, 0.4) is 0 Å². The van der Waals surface area contributed by atoms with Crippen molar-refractivity contribution in [3.8, 4) is 22.3 Å². The van der Waals surface area contributed by atoms with Crippen molar-refractivity contribution < 1.29 is 0 Å². The van der Waals surface area contributed by atoms with E-state index in [1.807, 2.05) is 0 Å². The molecule has 0 N–H and O–H groups in total. The molecule has 0 aromatic heterocycles. The summed E-state index contributed by atoms with van der Waals surface area (Å²) in [6.45, 7) is 0. The maximum absolute atomic E-state index is 2.39. The van der Waals surface area contributed by atoms with Crippen molar-refractivity contribution in [2.24, 2.45) is 0 Å². The number of nitrogens with zero attached hydrogens (tertiary/aromatic N) is 1. The molecule has 0 bridgehead atoms. The minimum atomic E-state index is -0.434. The van der Waals surface area contributed by atoms with Crippen molar-refractivity contribution in [3.05, 3.63) is 235 Å². The average Bonchev–Trinajstić information content (AvgIpc) is 3.53. The highest BCUT2D eigenvalue weighted by Gasteiger charge is 2.45. The van der Waals surface area contributed by atoms with Crippen LogP contribution in [-0.2, 0) is 5.41 Å². The molecule has 0 unspecified atom stereocenters. The zero-order valence-electron chi connectivity index (χ0n) is 28.7. The van der Waals surface area contributed by atoms with E-state index in [1.54, 1.807) is 0 Å². The second kappa shape index (κ2) is 12.3. The van der Waals surface area contributed by atoms with Crippen LogP contribution >= 0.6 is 0 Å². The molecule has 1 nitrogen and oxygen atoms in total. The lowest BCUT2D eigenvalue weighted by molar-refractivity contribution is 0.768. The van der Waals surface area contributed by atoms with Crippen LogP contribution in [0.2, 0.25) is 0 Å². The van der Waals surface area contributed by atoms with E-state index in [9.17, 15) is 0 Å². The first-order valence-electron chi connectivity index (χ1n) is 18.0. The fraction of sp³-hybridized carbons (Fsp3) is 0.0196. The summed E-state index contributed by atoms with van der Waals surface area (Å²) in [6, 6.07) is 77.8. The first-order valence-corrected chi connectivity index (χ1v) is 18.0. The molecule has 0 saturated carbocycles. The summed E-state index contributed by atoms with van der Waals surface area (Å²) in [7, 11) is 0. The van der Waals surface area contributed by atoms with Crippen molar-refractivity contribution in [1.82, 2.24) is 0 Å². The average molecular weight is 662 g/mol. The van der Waals surface area contributed by atoms with Gasteiger partial charge in [0, 0.05) is 17.1 Å². The van der Waals surface area contributed by atoms with E-state index >= 15 is 0 Å². The van der Waals surface area contributed by atoms with Gasteiger partial charge in [0.05, 0.1) is 5.41 Å². The zero-order chi connectivity index (χ0) is 34.5. The van der Waals surface area contributed by atoms with Crippen LogP contribution in [0, 0.1) is 0 Å². The van der Waals surface area contributed by atoms with Gasteiger partial charge in [0.25, 0.3) is 0 Å². The van der Waals surface area contributed by atoms with Crippen LogP contribution in [-0.4, -0.2) is 0 Å². The summed E-state index contributed by atoms with van der Waals surface area (Å²) in [5, 5.41) is 5.00. The normalized spacial score (nSPS) is 12.8. The van der Waals surface area contributed by atoms with Crippen LogP contribution in [0.1, 0.15) is 22.3 Å². The van der Waals surface area contributed by atoms with E-state index < -0.39 is 5.41 Å². The summed E-state index contributed by atoms with van der Waals surface area (Å²) >= 11 is 0. The molecule has 0 spiro atoms. The van der Waals surface area contributed by atoms with Gasteiger partial charge in [-0.3, -0.25) is 0 Å². The van der Waals surface area contributed by atoms with Crippen LogP contribution in [0.25, 0.3) is 43.8 Å². The molecule has 1 aliphatic rings. The molecule has 1 heteroatoms. The Hall–Kier alpha value is -6.70. The minimum absolute atomic E-state index is 0.434. The molecule has 244 valence electrons. The molecule has 9 aromatic carbocycles. The number of hydrogen-bond donors (Lipinski definition) is 0. The van der Waals surface area contributed by atoms with E-state index in [4.69, 9.17) is 0 Å². The highest BCUT2D eigenvalue weighted by molar-refractivity contribution is 6.09. The Morgan fingerprint density at radius 3 is 1.44 bits per heavy atom. The Morgan fingerprint density at radius 1 is 0.308 bits per heavy atom. The molecule has 0 fully saturated rings. The molecule has 0 saturated heterocycles. The molecule has 1 aliphatic carbocycles. The number of hydrogen-bond acceptors (Lipinski definition) is 1. The fourth-order valence-electron chi connectivity index (χ4n) is 8.58. The standard InChI is InChI=1S/C51H35N/c1-3-13-36(14-4-1)37-25-30-42(31-26-37)52(44-32-27-39-24-23-38-15-7-8-18-45(38)48(39)35-44)43-33-28-41(29-34-43)51(40-16-5-2-6-17-40)49-21-11-9-19-46(49)47-20-10-12-22-50(47)51/h1-35H. The lowest BCUT2D eigenvalue weighted by Gasteiger charge is -2.34.